The summed E-state index contributed by atoms with van der Waals surface area (Å²) in [5.74, 6) is -1.34. The summed E-state index contributed by atoms with van der Waals surface area (Å²) < 4.78 is 43.8. The summed E-state index contributed by atoms with van der Waals surface area (Å²) in [6, 6.07) is 0. The number of carboxylic acid groups (broad SMARTS) is 1. The van der Waals surface area contributed by atoms with Crippen LogP contribution in [0.1, 0.15) is 17.7 Å². The molecule has 1 aliphatic rings. The van der Waals surface area contributed by atoms with E-state index in [-0.39, 0.29) is 24.5 Å². The largest absolute Gasteiger partial charge is 0.480 e. The van der Waals surface area contributed by atoms with Gasteiger partial charge in [-0.1, -0.05) is 0 Å². The number of aromatic nitrogens is 2. The lowest BCUT2D eigenvalue weighted by Gasteiger charge is -2.15. The van der Waals surface area contributed by atoms with Crippen LogP contribution in [0.2, 0.25) is 0 Å². The van der Waals surface area contributed by atoms with E-state index < -0.39 is 24.4 Å². The van der Waals surface area contributed by atoms with Crippen molar-refractivity contribution < 1.29 is 27.8 Å². The Morgan fingerprint density at radius 3 is 2.82 bits per heavy atom. The molecule has 0 unspecified atom stereocenters. The summed E-state index contributed by atoms with van der Waals surface area (Å²) in [6.45, 7) is -0.367. The van der Waals surface area contributed by atoms with Crippen molar-refractivity contribution >= 4 is 5.97 Å². The second kappa shape index (κ2) is 3.94. The van der Waals surface area contributed by atoms with E-state index >= 15 is 0 Å². The van der Waals surface area contributed by atoms with E-state index in [9.17, 15) is 18.0 Å². The molecule has 0 aliphatic carbocycles. The molecule has 8 heteroatoms. The molecular weight excluding hydrogens is 241 g/mol. The average molecular weight is 250 g/mol. The van der Waals surface area contributed by atoms with Crippen molar-refractivity contribution in [2.45, 2.75) is 25.6 Å². The van der Waals surface area contributed by atoms with E-state index in [2.05, 4.69) is 5.10 Å². The van der Waals surface area contributed by atoms with Crippen LogP contribution in [0.5, 0.6) is 5.88 Å². The maximum absolute atomic E-state index is 12.6. The summed E-state index contributed by atoms with van der Waals surface area (Å²) in [4.78, 5) is 10.5. The van der Waals surface area contributed by atoms with Crippen LogP contribution in [0, 0.1) is 0 Å². The van der Waals surface area contributed by atoms with Gasteiger partial charge in [0.15, 0.2) is 5.69 Å². The van der Waals surface area contributed by atoms with Gasteiger partial charge in [-0.15, -0.1) is 0 Å². The number of rotatable bonds is 2. The first kappa shape index (κ1) is 11.7. The van der Waals surface area contributed by atoms with Crippen LogP contribution < -0.4 is 4.74 Å². The van der Waals surface area contributed by atoms with Crippen LogP contribution in [0.25, 0.3) is 0 Å². The van der Waals surface area contributed by atoms with Crippen molar-refractivity contribution in [2.75, 3.05) is 6.61 Å². The number of aliphatic carboxylic acids is 1. The molecule has 0 fully saturated rings. The van der Waals surface area contributed by atoms with E-state index in [1.165, 1.54) is 0 Å². The summed E-state index contributed by atoms with van der Waals surface area (Å²) in [5.41, 5.74) is -1.10. The van der Waals surface area contributed by atoms with Gasteiger partial charge in [0.25, 0.3) is 0 Å². The third-order valence-corrected chi connectivity index (χ3v) is 2.36. The summed E-state index contributed by atoms with van der Waals surface area (Å²) >= 11 is 0. The van der Waals surface area contributed by atoms with Gasteiger partial charge in [0.2, 0.25) is 5.88 Å². The average Bonchev–Trinajstić information content (AvgIpc) is 2.56. The molecule has 0 radical (unpaired) electrons. The zero-order chi connectivity index (χ0) is 12.6. The summed E-state index contributed by atoms with van der Waals surface area (Å²) in [7, 11) is 0. The van der Waals surface area contributed by atoms with E-state index in [0.717, 1.165) is 4.68 Å². The number of nitrogens with zero attached hydrogens (tertiary/aromatic N) is 2. The maximum atomic E-state index is 12.6. The molecule has 0 saturated heterocycles. The highest BCUT2D eigenvalue weighted by molar-refractivity contribution is 5.66. The Balaban J connectivity index is 2.47. The van der Waals surface area contributed by atoms with Crippen molar-refractivity contribution in [3.05, 3.63) is 11.3 Å². The van der Waals surface area contributed by atoms with E-state index in [4.69, 9.17) is 9.84 Å². The fourth-order valence-corrected chi connectivity index (χ4v) is 1.75. The molecular formula is C9H9F3N2O3. The number of carboxylic acids is 1. The van der Waals surface area contributed by atoms with Gasteiger partial charge in [-0.05, 0) is 12.8 Å². The molecule has 2 rings (SSSR count). The number of hydrogen-bond acceptors (Lipinski definition) is 3. The summed E-state index contributed by atoms with van der Waals surface area (Å²) in [6.07, 6.45) is -3.92. The van der Waals surface area contributed by atoms with Gasteiger partial charge >= 0.3 is 12.1 Å². The van der Waals surface area contributed by atoms with Gasteiger partial charge in [0.1, 0.15) is 6.54 Å². The predicted octanol–water partition coefficient (Wildman–Crippen LogP) is 1.31. The van der Waals surface area contributed by atoms with E-state index in [1.807, 2.05) is 0 Å². The number of alkyl halides is 3. The van der Waals surface area contributed by atoms with E-state index in [0.29, 0.717) is 6.42 Å². The molecule has 0 atom stereocenters. The molecule has 2 heterocycles. The first-order valence-electron chi connectivity index (χ1n) is 4.91. The Morgan fingerprint density at radius 1 is 1.53 bits per heavy atom. The van der Waals surface area contributed by atoms with Gasteiger partial charge in [0, 0.05) is 5.56 Å². The predicted molar refractivity (Wildman–Crippen MR) is 48.7 cm³/mol. The molecule has 17 heavy (non-hydrogen) atoms. The number of halogens is 3. The minimum Gasteiger partial charge on any atom is -0.480 e. The van der Waals surface area contributed by atoms with Gasteiger partial charge in [-0.2, -0.15) is 18.3 Å². The first-order chi connectivity index (χ1) is 7.89. The maximum Gasteiger partial charge on any atom is 0.435 e. The quantitative estimate of drug-likeness (QED) is 0.859. The third kappa shape index (κ3) is 2.20. The van der Waals surface area contributed by atoms with Crippen LogP contribution in [-0.2, 0) is 23.9 Å². The Morgan fingerprint density at radius 2 is 2.24 bits per heavy atom. The lowest BCUT2D eigenvalue weighted by Crippen LogP contribution is -2.15. The standard InChI is InChI=1S/C9H9F3N2O3/c10-9(11,12)7-5-2-1-3-17-8(5)14(13-7)4-6(15)16/h1-4H2,(H,15,16). The second-order valence-corrected chi connectivity index (χ2v) is 3.63. The molecule has 0 bridgehead atoms. The number of ether oxygens (including phenoxy) is 1. The minimum absolute atomic E-state index is 0.0509. The fraction of sp³-hybridized carbons (Fsp3) is 0.556. The van der Waals surface area contributed by atoms with Crippen molar-refractivity contribution in [1.82, 2.24) is 9.78 Å². The molecule has 5 nitrogen and oxygen atoms in total. The van der Waals surface area contributed by atoms with E-state index in [1.54, 1.807) is 0 Å². The zero-order valence-electron chi connectivity index (χ0n) is 8.62. The molecule has 94 valence electrons. The lowest BCUT2D eigenvalue weighted by molar-refractivity contribution is -0.143. The van der Waals surface area contributed by atoms with Crippen LogP contribution in [0.3, 0.4) is 0 Å². The zero-order valence-corrected chi connectivity index (χ0v) is 8.62. The van der Waals surface area contributed by atoms with Crippen LogP contribution in [0.4, 0.5) is 13.2 Å². The molecule has 0 aromatic carbocycles. The highest BCUT2D eigenvalue weighted by Gasteiger charge is 2.40. The Labute approximate surface area is 93.8 Å². The minimum atomic E-state index is -4.59. The topological polar surface area (TPSA) is 64.3 Å². The number of fused-ring (bicyclic) bond motifs is 1. The molecule has 1 aromatic heterocycles. The molecule has 1 N–H and O–H groups in total. The molecule has 0 spiro atoms. The third-order valence-electron chi connectivity index (χ3n) is 2.36. The second-order valence-electron chi connectivity index (χ2n) is 3.63. The number of hydrogen-bond donors (Lipinski definition) is 1. The monoisotopic (exact) mass is 250 g/mol. The normalized spacial score (nSPS) is 15.2. The van der Waals surface area contributed by atoms with Gasteiger partial charge in [0.05, 0.1) is 6.61 Å². The highest BCUT2D eigenvalue weighted by atomic mass is 19.4. The Bertz CT molecular complexity index is 453. The van der Waals surface area contributed by atoms with Gasteiger partial charge < -0.3 is 9.84 Å². The van der Waals surface area contributed by atoms with Crippen molar-refractivity contribution in [1.29, 1.82) is 0 Å². The molecule has 0 amide bonds. The Kier molecular flexibility index (Phi) is 2.72. The molecule has 0 saturated carbocycles. The van der Waals surface area contributed by atoms with Crippen molar-refractivity contribution in [3.63, 3.8) is 0 Å². The smallest absolute Gasteiger partial charge is 0.435 e. The fourth-order valence-electron chi connectivity index (χ4n) is 1.75. The first-order valence-corrected chi connectivity index (χ1v) is 4.91. The molecule has 1 aromatic rings. The van der Waals surface area contributed by atoms with Crippen molar-refractivity contribution in [2.24, 2.45) is 0 Å². The SMILES string of the molecule is O=C(O)Cn1nc(C(F)(F)F)c2c1OCCC2. The van der Waals surface area contributed by atoms with Crippen LogP contribution in [0.15, 0.2) is 0 Å². The number of carbonyl (C=O) groups is 1. The van der Waals surface area contributed by atoms with Crippen LogP contribution in [-0.4, -0.2) is 27.5 Å². The summed E-state index contributed by atoms with van der Waals surface area (Å²) in [5, 5.41) is 11.9. The Hall–Kier alpha value is -1.73. The lowest BCUT2D eigenvalue weighted by atomic mass is 10.1. The van der Waals surface area contributed by atoms with Crippen molar-refractivity contribution in [3.8, 4) is 5.88 Å². The highest BCUT2D eigenvalue weighted by Crippen LogP contribution is 2.37. The van der Waals surface area contributed by atoms with Crippen LogP contribution >= 0.6 is 0 Å². The molecule has 1 aliphatic heterocycles. The van der Waals surface area contributed by atoms with Gasteiger partial charge in [-0.3, -0.25) is 4.79 Å². The van der Waals surface area contributed by atoms with Gasteiger partial charge in [-0.25, -0.2) is 4.68 Å².